The Bertz CT molecular complexity index is 472. The summed E-state index contributed by atoms with van der Waals surface area (Å²) >= 11 is 3.37. The first-order chi connectivity index (χ1) is 9.54. The SMILES string of the molecule is CCC(CC)C(C)Nc1cnn(CCOC)c(=O)c1Br. The topological polar surface area (TPSA) is 56.1 Å². The largest absolute Gasteiger partial charge is 0.383 e. The minimum Gasteiger partial charge on any atom is -0.383 e. The number of anilines is 1. The number of ether oxygens (including phenoxy) is 1. The highest BCUT2D eigenvalue weighted by atomic mass is 79.9. The van der Waals surface area contributed by atoms with Crippen molar-refractivity contribution in [2.75, 3.05) is 19.0 Å². The number of nitrogens with zero attached hydrogens (tertiary/aromatic N) is 2. The summed E-state index contributed by atoms with van der Waals surface area (Å²) in [6.07, 6.45) is 3.92. The molecule has 114 valence electrons. The van der Waals surface area contributed by atoms with Gasteiger partial charge in [-0.05, 0) is 28.8 Å². The van der Waals surface area contributed by atoms with E-state index in [-0.39, 0.29) is 5.56 Å². The lowest BCUT2D eigenvalue weighted by atomic mass is 9.95. The van der Waals surface area contributed by atoms with Crippen LogP contribution in [-0.2, 0) is 11.3 Å². The summed E-state index contributed by atoms with van der Waals surface area (Å²) < 4.78 is 6.90. The average Bonchev–Trinajstić information content (AvgIpc) is 2.44. The van der Waals surface area contributed by atoms with E-state index in [1.165, 1.54) is 4.68 Å². The molecule has 0 amide bonds. The number of hydrogen-bond acceptors (Lipinski definition) is 4. The summed E-state index contributed by atoms with van der Waals surface area (Å²) in [5.74, 6) is 0.581. The monoisotopic (exact) mass is 345 g/mol. The number of halogens is 1. The second-order valence-electron chi connectivity index (χ2n) is 4.90. The van der Waals surface area contributed by atoms with Gasteiger partial charge in [-0.3, -0.25) is 4.79 Å². The van der Waals surface area contributed by atoms with Gasteiger partial charge in [-0.25, -0.2) is 4.68 Å². The van der Waals surface area contributed by atoms with Gasteiger partial charge >= 0.3 is 0 Å². The van der Waals surface area contributed by atoms with E-state index in [1.807, 2.05) is 0 Å². The van der Waals surface area contributed by atoms with E-state index in [2.05, 4.69) is 47.1 Å². The lowest BCUT2D eigenvalue weighted by Crippen LogP contribution is -2.29. The van der Waals surface area contributed by atoms with Gasteiger partial charge in [-0.2, -0.15) is 5.10 Å². The molecule has 1 aromatic heterocycles. The molecule has 20 heavy (non-hydrogen) atoms. The fourth-order valence-electron chi connectivity index (χ4n) is 2.26. The zero-order valence-electron chi connectivity index (χ0n) is 12.6. The fourth-order valence-corrected chi connectivity index (χ4v) is 2.68. The minimum atomic E-state index is -0.135. The van der Waals surface area contributed by atoms with Gasteiger partial charge in [-0.1, -0.05) is 26.7 Å². The molecule has 1 atom stereocenters. The van der Waals surface area contributed by atoms with Crippen LogP contribution >= 0.6 is 15.9 Å². The van der Waals surface area contributed by atoms with Crippen LogP contribution < -0.4 is 10.9 Å². The molecule has 6 heteroatoms. The molecular formula is C14H24BrN3O2. The molecule has 0 fully saturated rings. The van der Waals surface area contributed by atoms with E-state index in [4.69, 9.17) is 4.74 Å². The van der Waals surface area contributed by atoms with Crippen molar-refractivity contribution in [2.24, 2.45) is 5.92 Å². The Balaban J connectivity index is 2.87. The second-order valence-corrected chi connectivity index (χ2v) is 5.70. The molecule has 1 N–H and O–H groups in total. The van der Waals surface area contributed by atoms with Crippen molar-refractivity contribution < 1.29 is 4.74 Å². The van der Waals surface area contributed by atoms with Crippen LogP contribution in [0.15, 0.2) is 15.5 Å². The van der Waals surface area contributed by atoms with Gasteiger partial charge in [0.2, 0.25) is 0 Å². The third kappa shape index (κ3) is 4.31. The Kier molecular flexibility index (Phi) is 7.23. The van der Waals surface area contributed by atoms with E-state index in [1.54, 1.807) is 13.3 Å². The lowest BCUT2D eigenvalue weighted by molar-refractivity contribution is 0.181. The first-order valence-corrected chi connectivity index (χ1v) is 7.85. The van der Waals surface area contributed by atoms with Crippen molar-refractivity contribution in [3.05, 3.63) is 21.0 Å². The molecule has 0 aromatic carbocycles. The van der Waals surface area contributed by atoms with Gasteiger partial charge in [0.25, 0.3) is 5.56 Å². The zero-order valence-corrected chi connectivity index (χ0v) is 14.2. The Morgan fingerprint density at radius 3 is 2.65 bits per heavy atom. The molecule has 1 aromatic rings. The Labute approximate surface area is 128 Å². The highest BCUT2D eigenvalue weighted by Gasteiger charge is 2.16. The van der Waals surface area contributed by atoms with Crippen molar-refractivity contribution >= 4 is 21.6 Å². The molecule has 0 aliphatic rings. The first-order valence-electron chi connectivity index (χ1n) is 7.06. The molecule has 1 unspecified atom stereocenters. The van der Waals surface area contributed by atoms with Gasteiger partial charge in [0, 0.05) is 13.2 Å². The minimum absolute atomic E-state index is 0.135. The van der Waals surface area contributed by atoms with Crippen LogP contribution in [0.3, 0.4) is 0 Å². The number of rotatable bonds is 8. The number of aromatic nitrogens is 2. The molecule has 1 heterocycles. The number of hydrogen-bond donors (Lipinski definition) is 1. The second kappa shape index (κ2) is 8.42. The quantitative estimate of drug-likeness (QED) is 0.786. The molecule has 0 aliphatic carbocycles. The van der Waals surface area contributed by atoms with Crippen molar-refractivity contribution in [1.82, 2.24) is 9.78 Å². The van der Waals surface area contributed by atoms with Crippen LogP contribution in [0.4, 0.5) is 5.69 Å². The number of methoxy groups -OCH3 is 1. The first kappa shape index (κ1) is 17.2. The van der Waals surface area contributed by atoms with Crippen molar-refractivity contribution in [2.45, 2.75) is 46.2 Å². The van der Waals surface area contributed by atoms with Crippen LogP contribution in [0, 0.1) is 5.92 Å². The molecule has 0 radical (unpaired) electrons. The molecule has 0 aliphatic heterocycles. The van der Waals surface area contributed by atoms with Crippen LogP contribution in [0.2, 0.25) is 0 Å². The predicted molar refractivity (Wildman–Crippen MR) is 85.2 cm³/mol. The van der Waals surface area contributed by atoms with E-state index >= 15 is 0 Å². The van der Waals surface area contributed by atoms with Crippen LogP contribution in [0.1, 0.15) is 33.6 Å². The Hall–Kier alpha value is -0.880. The maximum absolute atomic E-state index is 12.1. The predicted octanol–water partition coefficient (Wildman–Crippen LogP) is 2.89. The normalized spacial score (nSPS) is 12.7. The van der Waals surface area contributed by atoms with Gasteiger partial charge in [0.15, 0.2) is 0 Å². The maximum atomic E-state index is 12.1. The van der Waals surface area contributed by atoms with E-state index < -0.39 is 0 Å². The molecule has 0 bridgehead atoms. The smallest absolute Gasteiger partial charge is 0.283 e. The highest BCUT2D eigenvalue weighted by Crippen LogP contribution is 2.21. The third-order valence-corrected chi connectivity index (χ3v) is 4.40. The van der Waals surface area contributed by atoms with Crippen LogP contribution in [0.5, 0.6) is 0 Å². The lowest BCUT2D eigenvalue weighted by Gasteiger charge is -2.24. The van der Waals surface area contributed by atoms with Crippen molar-refractivity contribution in [1.29, 1.82) is 0 Å². The number of nitrogens with one attached hydrogen (secondary N) is 1. The molecule has 1 rings (SSSR count). The van der Waals surface area contributed by atoms with Crippen LogP contribution in [0.25, 0.3) is 0 Å². The van der Waals surface area contributed by atoms with Crippen molar-refractivity contribution in [3.63, 3.8) is 0 Å². The highest BCUT2D eigenvalue weighted by molar-refractivity contribution is 9.10. The summed E-state index contributed by atoms with van der Waals surface area (Å²) in [7, 11) is 1.60. The molecule has 0 saturated heterocycles. The van der Waals surface area contributed by atoms with Gasteiger partial charge in [0.1, 0.15) is 4.47 Å². The van der Waals surface area contributed by atoms with E-state index in [0.717, 1.165) is 18.5 Å². The van der Waals surface area contributed by atoms with Crippen LogP contribution in [-0.4, -0.2) is 29.5 Å². The summed E-state index contributed by atoms with van der Waals surface area (Å²) in [4.78, 5) is 12.1. The van der Waals surface area contributed by atoms with E-state index in [0.29, 0.717) is 29.6 Å². The molecule has 0 spiro atoms. The summed E-state index contributed by atoms with van der Waals surface area (Å²) in [6, 6.07) is 0.303. The third-order valence-electron chi connectivity index (χ3n) is 3.63. The average molecular weight is 346 g/mol. The zero-order chi connectivity index (χ0) is 15.1. The van der Waals surface area contributed by atoms with Gasteiger partial charge in [0.05, 0.1) is 25.0 Å². The Morgan fingerprint density at radius 1 is 1.45 bits per heavy atom. The summed E-state index contributed by atoms with van der Waals surface area (Å²) in [5, 5.41) is 7.55. The van der Waals surface area contributed by atoms with Gasteiger partial charge < -0.3 is 10.1 Å². The summed E-state index contributed by atoms with van der Waals surface area (Å²) in [6.45, 7) is 7.43. The standard InChI is InChI=1S/C14H24BrN3O2/c1-5-11(6-2)10(3)17-12-9-16-18(7-8-20-4)14(19)13(12)15/h9-11,17H,5-8H2,1-4H3. The molecule has 5 nitrogen and oxygen atoms in total. The Morgan fingerprint density at radius 2 is 2.10 bits per heavy atom. The molecule has 0 saturated carbocycles. The maximum Gasteiger partial charge on any atom is 0.283 e. The fraction of sp³-hybridized carbons (Fsp3) is 0.714. The van der Waals surface area contributed by atoms with Crippen molar-refractivity contribution in [3.8, 4) is 0 Å². The molecular weight excluding hydrogens is 322 g/mol. The van der Waals surface area contributed by atoms with Gasteiger partial charge in [-0.15, -0.1) is 0 Å². The van der Waals surface area contributed by atoms with E-state index in [9.17, 15) is 4.79 Å². The summed E-state index contributed by atoms with van der Waals surface area (Å²) in [5.41, 5.74) is 0.617.